The fraction of sp³-hybridized carbons (Fsp3) is 0.750. The van der Waals surface area contributed by atoms with Crippen LogP contribution in [0, 0.1) is 0 Å². The van der Waals surface area contributed by atoms with Crippen molar-refractivity contribution in [2.75, 3.05) is 6.61 Å². The van der Waals surface area contributed by atoms with Crippen molar-refractivity contribution >= 4 is 17.9 Å². The van der Waals surface area contributed by atoms with Gasteiger partial charge in [-0.3, -0.25) is 14.9 Å². The lowest BCUT2D eigenvalue weighted by Gasteiger charge is -2.22. The smallest absolute Gasteiger partial charge is 0.321 e. The first kappa shape index (κ1) is 14.5. The van der Waals surface area contributed by atoms with Crippen molar-refractivity contribution < 1.29 is 19.1 Å². The molecule has 1 saturated carbocycles. The van der Waals surface area contributed by atoms with Gasteiger partial charge in [0.25, 0.3) is 0 Å². The molecule has 0 spiro atoms. The van der Waals surface area contributed by atoms with E-state index in [1.165, 1.54) is 6.42 Å². The van der Waals surface area contributed by atoms with E-state index in [-0.39, 0.29) is 12.6 Å². The number of ether oxygens (including phenoxy) is 1. The minimum absolute atomic E-state index is 0.133. The van der Waals surface area contributed by atoms with Gasteiger partial charge in [-0.25, -0.2) is 4.79 Å². The average molecular weight is 256 g/mol. The fourth-order valence-electron chi connectivity index (χ4n) is 1.98. The van der Waals surface area contributed by atoms with E-state index in [2.05, 4.69) is 15.4 Å². The van der Waals surface area contributed by atoms with E-state index < -0.39 is 24.3 Å². The SMILES string of the molecule is CCOC(=O)CC(=O)NC(=O)NC1CCCCC1. The molecule has 1 rings (SSSR count). The highest BCUT2D eigenvalue weighted by molar-refractivity contribution is 6.02. The van der Waals surface area contributed by atoms with Crippen LogP contribution in [0.15, 0.2) is 0 Å². The van der Waals surface area contributed by atoms with Crippen molar-refractivity contribution in [2.45, 2.75) is 51.5 Å². The van der Waals surface area contributed by atoms with Crippen molar-refractivity contribution in [1.82, 2.24) is 10.6 Å². The number of nitrogens with one attached hydrogen (secondary N) is 2. The zero-order valence-electron chi connectivity index (χ0n) is 10.7. The molecule has 0 bridgehead atoms. The van der Waals surface area contributed by atoms with Crippen LogP contribution in [-0.4, -0.2) is 30.6 Å². The molecule has 0 aromatic carbocycles. The molecule has 2 N–H and O–H groups in total. The largest absolute Gasteiger partial charge is 0.466 e. The van der Waals surface area contributed by atoms with E-state index in [0.717, 1.165) is 25.7 Å². The van der Waals surface area contributed by atoms with Gasteiger partial charge in [0.2, 0.25) is 5.91 Å². The Labute approximate surface area is 106 Å². The van der Waals surface area contributed by atoms with Crippen LogP contribution in [0.3, 0.4) is 0 Å². The van der Waals surface area contributed by atoms with Crippen LogP contribution < -0.4 is 10.6 Å². The third kappa shape index (κ3) is 5.65. The van der Waals surface area contributed by atoms with E-state index in [1.807, 2.05) is 0 Å². The maximum Gasteiger partial charge on any atom is 0.321 e. The number of hydrogen-bond acceptors (Lipinski definition) is 4. The highest BCUT2D eigenvalue weighted by atomic mass is 16.5. The molecule has 1 fully saturated rings. The van der Waals surface area contributed by atoms with E-state index in [1.54, 1.807) is 6.92 Å². The van der Waals surface area contributed by atoms with Crippen LogP contribution >= 0.6 is 0 Å². The first-order valence-corrected chi connectivity index (χ1v) is 6.37. The quantitative estimate of drug-likeness (QED) is 0.582. The van der Waals surface area contributed by atoms with Gasteiger partial charge in [0.15, 0.2) is 0 Å². The molecular weight excluding hydrogens is 236 g/mol. The Bertz CT molecular complexity index is 311. The Morgan fingerprint density at radius 1 is 1.17 bits per heavy atom. The van der Waals surface area contributed by atoms with Gasteiger partial charge in [0, 0.05) is 6.04 Å². The van der Waals surface area contributed by atoms with E-state index in [0.29, 0.717) is 0 Å². The molecular formula is C12H20N2O4. The van der Waals surface area contributed by atoms with Crippen LogP contribution in [0.25, 0.3) is 0 Å². The molecule has 0 aromatic heterocycles. The number of esters is 1. The molecule has 1 aliphatic carbocycles. The number of rotatable bonds is 4. The standard InChI is InChI=1S/C12H20N2O4/c1-2-18-11(16)8-10(15)14-12(17)13-9-6-4-3-5-7-9/h9H,2-8H2,1H3,(H2,13,14,15,17). The fourth-order valence-corrected chi connectivity index (χ4v) is 1.98. The average Bonchev–Trinajstić information content (AvgIpc) is 2.29. The summed E-state index contributed by atoms with van der Waals surface area (Å²) in [5.74, 6) is -1.26. The number of amides is 3. The molecule has 6 heteroatoms. The van der Waals surface area contributed by atoms with Crippen molar-refractivity contribution in [3.63, 3.8) is 0 Å². The second-order valence-corrected chi connectivity index (χ2v) is 4.34. The van der Waals surface area contributed by atoms with Crippen LogP contribution in [0.1, 0.15) is 45.4 Å². The Hall–Kier alpha value is -1.59. The van der Waals surface area contributed by atoms with E-state index in [4.69, 9.17) is 0 Å². The zero-order chi connectivity index (χ0) is 13.4. The molecule has 102 valence electrons. The number of hydrogen-bond donors (Lipinski definition) is 2. The minimum Gasteiger partial charge on any atom is -0.466 e. The van der Waals surface area contributed by atoms with Gasteiger partial charge in [-0.1, -0.05) is 19.3 Å². The van der Waals surface area contributed by atoms with Crippen LogP contribution in [0.5, 0.6) is 0 Å². The second kappa shape index (κ2) is 7.68. The summed E-state index contributed by atoms with van der Waals surface area (Å²) in [5.41, 5.74) is 0. The molecule has 1 aliphatic rings. The van der Waals surface area contributed by atoms with Gasteiger partial charge < -0.3 is 10.1 Å². The van der Waals surface area contributed by atoms with Gasteiger partial charge >= 0.3 is 12.0 Å². The third-order valence-electron chi connectivity index (χ3n) is 2.80. The predicted molar refractivity (Wildman–Crippen MR) is 64.8 cm³/mol. The van der Waals surface area contributed by atoms with Gasteiger partial charge in [-0.2, -0.15) is 0 Å². The Morgan fingerprint density at radius 3 is 2.44 bits per heavy atom. The summed E-state index contributed by atoms with van der Waals surface area (Å²) in [6.45, 7) is 1.88. The van der Waals surface area contributed by atoms with Crippen molar-refractivity contribution in [2.24, 2.45) is 0 Å². The molecule has 18 heavy (non-hydrogen) atoms. The van der Waals surface area contributed by atoms with Crippen LogP contribution in [0.4, 0.5) is 4.79 Å². The molecule has 0 atom stereocenters. The minimum atomic E-state index is -0.637. The van der Waals surface area contributed by atoms with Gasteiger partial charge in [-0.05, 0) is 19.8 Å². The maximum atomic E-state index is 11.5. The summed E-state index contributed by atoms with van der Waals surface area (Å²) in [6, 6.07) is -0.398. The van der Waals surface area contributed by atoms with Gasteiger partial charge in [0.1, 0.15) is 6.42 Å². The van der Waals surface area contributed by atoms with Gasteiger partial charge in [-0.15, -0.1) is 0 Å². The molecule has 0 aliphatic heterocycles. The molecule has 0 aromatic rings. The number of urea groups is 1. The topological polar surface area (TPSA) is 84.5 Å². The molecule has 0 saturated heterocycles. The summed E-state index contributed by atoms with van der Waals surface area (Å²) in [4.78, 5) is 33.8. The number of imide groups is 1. The number of carbonyl (C=O) groups excluding carboxylic acids is 3. The van der Waals surface area contributed by atoms with Crippen molar-refractivity contribution in [3.8, 4) is 0 Å². The lowest BCUT2D eigenvalue weighted by atomic mass is 9.96. The highest BCUT2D eigenvalue weighted by Gasteiger charge is 2.18. The first-order valence-electron chi connectivity index (χ1n) is 6.37. The third-order valence-corrected chi connectivity index (χ3v) is 2.80. The summed E-state index contributed by atoms with van der Waals surface area (Å²) in [7, 11) is 0. The zero-order valence-corrected chi connectivity index (χ0v) is 10.7. The van der Waals surface area contributed by atoms with Gasteiger partial charge in [0.05, 0.1) is 6.61 Å². The van der Waals surface area contributed by atoms with Crippen molar-refractivity contribution in [1.29, 1.82) is 0 Å². The monoisotopic (exact) mass is 256 g/mol. The summed E-state index contributed by atoms with van der Waals surface area (Å²) in [5, 5.41) is 4.86. The Morgan fingerprint density at radius 2 is 1.83 bits per heavy atom. The van der Waals surface area contributed by atoms with Crippen molar-refractivity contribution in [3.05, 3.63) is 0 Å². The van der Waals surface area contributed by atoms with Crippen LogP contribution in [-0.2, 0) is 14.3 Å². The van der Waals surface area contributed by atoms with E-state index in [9.17, 15) is 14.4 Å². The van der Waals surface area contributed by atoms with Crippen LogP contribution in [0.2, 0.25) is 0 Å². The normalized spacial score (nSPS) is 15.8. The summed E-state index contributed by atoms with van der Waals surface area (Å²) >= 11 is 0. The summed E-state index contributed by atoms with van der Waals surface area (Å²) < 4.78 is 4.61. The maximum absolute atomic E-state index is 11.5. The molecule has 0 unspecified atom stereocenters. The Balaban J connectivity index is 2.22. The Kier molecular flexibility index (Phi) is 6.18. The summed E-state index contributed by atoms with van der Waals surface area (Å²) in [6.07, 6.45) is 4.86. The first-order chi connectivity index (χ1) is 8.61. The van der Waals surface area contributed by atoms with E-state index >= 15 is 0 Å². The molecule has 6 nitrogen and oxygen atoms in total. The lowest BCUT2D eigenvalue weighted by molar-refractivity contribution is -0.145. The highest BCUT2D eigenvalue weighted by Crippen LogP contribution is 2.17. The molecule has 3 amide bonds. The molecule has 0 radical (unpaired) electrons. The number of carbonyl (C=O) groups is 3. The predicted octanol–water partition coefficient (Wildman–Crippen LogP) is 1.10. The lowest BCUT2D eigenvalue weighted by Crippen LogP contribution is -2.45. The second-order valence-electron chi connectivity index (χ2n) is 4.34. The molecule has 0 heterocycles.